The summed E-state index contributed by atoms with van der Waals surface area (Å²) in [6.45, 7) is 1.86. The molecule has 0 bridgehead atoms. The maximum atomic E-state index is 12.3. The van der Waals surface area contributed by atoms with Crippen LogP contribution in [0.15, 0.2) is 24.3 Å². The first-order chi connectivity index (χ1) is 9.87. The van der Waals surface area contributed by atoms with Crippen molar-refractivity contribution in [2.24, 2.45) is 0 Å². The number of aliphatic carboxylic acids is 1. The zero-order valence-electron chi connectivity index (χ0n) is 12.1. The van der Waals surface area contributed by atoms with E-state index in [2.05, 4.69) is 5.32 Å². The Morgan fingerprint density at radius 1 is 1.38 bits per heavy atom. The number of hydrogen-bond acceptors (Lipinski definition) is 2. The molecule has 1 unspecified atom stereocenters. The van der Waals surface area contributed by atoms with Crippen LogP contribution in [-0.2, 0) is 4.79 Å². The number of carboxylic acids is 1. The van der Waals surface area contributed by atoms with Crippen LogP contribution >= 0.6 is 11.6 Å². The number of urea groups is 1. The highest BCUT2D eigenvalue weighted by Gasteiger charge is 2.46. The van der Waals surface area contributed by atoms with Crippen LogP contribution in [-0.4, -0.2) is 34.6 Å². The Morgan fingerprint density at radius 2 is 2.00 bits per heavy atom. The van der Waals surface area contributed by atoms with E-state index in [0.717, 1.165) is 12.0 Å². The van der Waals surface area contributed by atoms with Crippen LogP contribution in [0.25, 0.3) is 0 Å². The summed E-state index contributed by atoms with van der Waals surface area (Å²) in [6.07, 6.45) is 1.77. The van der Waals surface area contributed by atoms with Crippen LogP contribution in [0.2, 0.25) is 5.02 Å². The molecule has 114 valence electrons. The molecule has 1 aromatic rings. The van der Waals surface area contributed by atoms with Crippen molar-refractivity contribution < 1.29 is 14.7 Å². The van der Waals surface area contributed by atoms with Gasteiger partial charge in [-0.3, -0.25) is 0 Å². The van der Waals surface area contributed by atoms with Crippen LogP contribution < -0.4 is 5.32 Å². The van der Waals surface area contributed by atoms with Crippen LogP contribution in [0.4, 0.5) is 4.79 Å². The summed E-state index contributed by atoms with van der Waals surface area (Å²) in [4.78, 5) is 25.1. The van der Waals surface area contributed by atoms with Crippen molar-refractivity contribution in [3.05, 3.63) is 34.9 Å². The van der Waals surface area contributed by atoms with Crippen molar-refractivity contribution in [3.8, 4) is 0 Å². The zero-order chi connectivity index (χ0) is 15.6. The van der Waals surface area contributed by atoms with E-state index in [4.69, 9.17) is 11.6 Å². The highest BCUT2D eigenvalue weighted by molar-refractivity contribution is 6.31. The molecule has 0 spiro atoms. The quantitative estimate of drug-likeness (QED) is 0.898. The summed E-state index contributed by atoms with van der Waals surface area (Å²) < 4.78 is 0. The molecule has 1 aromatic carbocycles. The smallest absolute Gasteiger partial charge is 0.329 e. The third kappa shape index (κ3) is 2.97. The number of halogens is 1. The van der Waals surface area contributed by atoms with E-state index in [-0.39, 0.29) is 6.04 Å². The van der Waals surface area contributed by atoms with E-state index in [9.17, 15) is 14.7 Å². The Kier molecular flexibility index (Phi) is 4.42. The fourth-order valence-electron chi connectivity index (χ4n) is 2.41. The highest BCUT2D eigenvalue weighted by atomic mass is 35.5. The van der Waals surface area contributed by atoms with Crippen molar-refractivity contribution in [2.75, 3.05) is 7.05 Å². The van der Waals surface area contributed by atoms with E-state index in [1.54, 1.807) is 13.1 Å². The van der Waals surface area contributed by atoms with Gasteiger partial charge in [-0.2, -0.15) is 0 Å². The molecular weight excluding hydrogens is 292 g/mol. The largest absolute Gasteiger partial charge is 0.480 e. The topological polar surface area (TPSA) is 69.6 Å². The molecule has 2 N–H and O–H groups in total. The Morgan fingerprint density at radius 3 is 2.48 bits per heavy atom. The Hall–Kier alpha value is -1.75. The van der Waals surface area contributed by atoms with Gasteiger partial charge in [-0.25, -0.2) is 9.59 Å². The van der Waals surface area contributed by atoms with Gasteiger partial charge in [0.25, 0.3) is 0 Å². The number of benzene rings is 1. The molecule has 0 heterocycles. The lowest BCUT2D eigenvalue weighted by atomic mass is 9.77. The molecule has 6 heteroatoms. The minimum absolute atomic E-state index is 0.246. The van der Waals surface area contributed by atoms with Crippen molar-refractivity contribution in [3.63, 3.8) is 0 Å². The molecule has 1 fully saturated rings. The molecule has 0 saturated heterocycles. The lowest BCUT2D eigenvalue weighted by molar-refractivity contribution is -0.148. The summed E-state index contributed by atoms with van der Waals surface area (Å²) in [5.41, 5.74) is -0.277. The summed E-state index contributed by atoms with van der Waals surface area (Å²) >= 11 is 6.14. The van der Waals surface area contributed by atoms with Crippen LogP contribution in [0.3, 0.4) is 0 Å². The van der Waals surface area contributed by atoms with Crippen molar-refractivity contribution in [1.82, 2.24) is 10.2 Å². The third-order valence-corrected chi connectivity index (χ3v) is 4.56. The second-order valence-electron chi connectivity index (χ2n) is 5.48. The van der Waals surface area contributed by atoms with E-state index in [1.165, 1.54) is 4.90 Å². The number of nitrogens with one attached hydrogen (secondary N) is 1. The molecule has 5 nitrogen and oxygen atoms in total. The lowest BCUT2D eigenvalue weighted by Gasteiger charge is -2.40. The number of amides is 2. The van der Waals surface area contributed by atoms with E-state index >= 15 is 0 Å². The maximum absolute atomic E-state index is 12.3. The van der Waals surface area contributed by atoms with Gasteiger partial charge in [-0.05, 0) is 37.8 Å². The van der Waals surface area contributed by atoms with E-state index in [1.807, 2.05) is 25.1 Å². The minimum Gasteiger partial charge on any atom is -0.480 e. The number of hydrogen-bond donors (Lipinski definition) is 2. The molecule has 21 heavy (non-hydrogen) atoms. The monoisotopic (exact) mass is 310 g/mol. The fourth-order valence-corrected chi connectivity index (χ4v) is 2.71. The van der Waals surface area contributed by atoms with Gasteiger partial charge in [0, 0.05) is 12.1 Å². The number of nitrogens with zero attached hydrogens (tertiary/aromatic N) is 1. The van der Waals surface area contributed by atoms with E-state index < -0.39 is 17.5 Å². The molecule has 0 radical (unpaired) electrons. The second-order valence-corrected chi connectivity index (χ2v) is 5.89. The molecule has 1 aliphatic rings. The molecule has 1 aliphatic carbocycles. The van der Waals surface area contributed by atoms with Crippen LogP contribution in [0.1, 0.15) is 37.8 Å². The number of carbonyl (C=O) groups is 2. The molecule has 1 atom stereocenters. The second kappa shape index (κ2) is 5.93. The molecule has 2 amide bonds. The molecule has 2 rings (SSSR count). The Balaban J connectivity index is 2.09. The van der Waals surface area contributed by atoms with Crippen molar-refractivity contribution >= 4 is 23.6 Å². The highest BCUT2D eigenvalue weighted by Crippen LogP contribution is 2.33. The zero-order valence-corrected chi connectivity index (χ0v) is 12.9. The number of rotatable bonds is 4. The van der Waals surface area contributed by atoms with Gasteiger partial charge in [0.05, 0.1) is 6.04 Å². The van der Waals surface area contributed by atoms with Crippen molar-refractivity contribution in [1.29, 1.82) is 0 Å². The summed E-state index contributed by atoms with van der Waals surface area (Å²) in [5, 5.41) is 12.5. The SMILES string of the molecule is CC(c1ccccc1Cl)N(C)C(=O)NC1(C(=O)O)CCC1. The van der Waals surface area contributed by atoms with Gasteiger partial charge < -0.3 is 15.3 Å². The van der Waals surface area contributed by atoms with Gasteiger partial charge >= 0.3 is 12.0 Å². The van der Waals surface area contributed by atoms with Crippen LogP contribution in [0.5, 0.6) is 0 Å². The van der Waals surface area contributed by atoms with Gasteiger partial charge in [0.2, 0.25) is 0 Å². The summed E-state index contributed by atoms with van der Waals surface area (Å²) in [7, 11) is 1.64. The molecule has 0 aliphatic heterocycles. The summed E-state index contributed by atoms with van der Waals surface area (Å²) in [6, 6.07) is 6.66. The maximum Gasteiger partial charge on any atom is 0.329 e. The van der Waals surface area contributed by atoms with Gasteiger partial charge in [0.1, 0.15) is 5.54 Å². The average molecular weight is 311 g/mol. The Labute approximate surface area is 128 Å². The van der Waals surface area contributed by atoms with Gasteiger partial charge in [-0.15, -0.1) is 0 Å². The molecule has 0 aromatic heterocycles. The Bertz CT molecular complexity index is 558. The number of carboxylic acid groups (broad SMARTS) is 1. The first-order valence-electron chi connectivity index (χ1n) is 6.90. The minimum atomic E-state index is -1.11. The fraction of sp³-hybridized carbons (Fsp3) is 0.467. The third-order valence-electron chi connectivity index (χ3n) is 4.22. The average Bonchev–Trinajstić information content (AvgIpc) is 2.41. The predicted octanol–water partition coefficient (Wildman–Crippen LogP) is 3.05. The normalized spacial score (nSPS) is 17.5. The van der Waals surface area contributed by atoms with Gasteiger partial charge in [0.15, 0.2) is 0 Å². The predicted molar refractivity (Wildman–Crippen MR) is 80.4 cm³/mol. The van der Waals surface area contributed by atoms with Crippen LogP contribution in [0, 0.1) is 0 Å². The lowest BCUT2D eigenvalue weighted by Crippen LogP contribution is -2.61. The first-order valence-corrected chi connectivity index (χ1v) is 7.28. The summed E-state index contributed by atoms with van der Waals surface area (Å²) in [5.74, 6) is -0.971. The van der Waals surface area contributed by atoms with E-state index in [0.29, 0.717) is 17.9 Å². The standard InChI is InChI=1S/C15H19ClN2O3/c1-10(11-6-3-4-7-12(11)16)18(2)14(21)17-15(13(19)20)8-5-9-15/h3-4,6-7,10H,5,8-9H2,1-2H3,(H,17,21)(H,19,20). The molecular formula is C15H19ClN2O3. The number of carbonyl (C=O) groups excluding carboxylic acids is 1. The first kappa shape index (κ1) is 15.6. The molecule has 1 saturated carbocycles. The van der Waals surface area contributed by atoms with Crippen molar-refractivity contribution in [2.45, 2.75) is 37.8 Å². The van der Waals surface area contributed by atoms with Gasteiger partial charge in [-0.1, -0.05) is 29.8 Å².